The minimum absolute atomic E-state index is 0. The van der Waals surface area contributed by atoms with Gasteiger partial charge in [-0.25, -0.2) is 0 Å². The fourth-order valence-electron chi connectivity index (χ4n) is 3.46. The SMILES string of the molecule is C[C@H](NC(=O)[C@H]1C[C@@H](c2ccccc2)CCN1)C(=O)NCc1ccccc1.Cl.Cl. The number of halogens is 2. The summed E-state index contributed by atoms with van der Waals surface area (Å²) >= 11 is 0. The van der Waals surface area contributed by atoms with Crippen LogP contribution in [0.4, 0.5) is 0 Å². The van der Waals surface area contributed by atoms with Gasteiger partial charge in [0.1, 0.15) is 6.04 Å². The smallest absolute Gasteiger partial charge is 0.242 e. The van der Waals surface area contributed by atoms with Gasteiger partial charge in [0.05, 0.1) is 6.04 Å². The molecule has 2 aromatic carbocycles. The van der Waals surface area contributed by atoms with Gasteiger partial charge in [0.25, 0.3) is 0 Å². The average molecular weight is 438 g/mol. The standard InChI is InChI=1S/C22H27N3O2.2ClH/c1-16(21(26)24-15-17-8-4-2-5-9-17)25-22(27)20-14-19(12-13-23-20)18-10-6-3-7-11-18;;/h2-11,16,19-20,23H,12-15H2,1H3,(H,24,26)(H,25,27);2*1H/t16-,19-,20+;;/m0../s1. The first-order chi connectivity index (χ1) is 13.1. The van der Waals surface area contributed by atoms with Gasteiger partial charge in [-0.05, 0) is 43.4 Å². The van der Waals surface area contributed by atoms with Gasteiger partial charge in [0.2, 0.25) is 11.8 Å². The molecule has 5 nitrogen and oxygen atoms in total. The van der Waals surface area contributed by atoms with E-state index in [1.165, 1.54) is 5.56 Å². The molecule has 1 fully saturated rings. The van der Waals surface area contributed by atoms with Gasteiger partial charge in [0.15, 0.2) is 0 Å². The van der Waals surface area contributed by atoms with E-state index in [1.54, 1.807) is 6.92 Å². The van der Waals surface area contributed by atoms with Crippen LogP contribution in [-0.4, -0.2) is 30.4 Å². The third-order valence-corrected chi connectivity index (χ3v) is 5.05. The second-order valence-electron chi connectivity index (χ2n) is 7.07. The van der Waals surface area contributed by atoms with Gasteiger partial charge in [-0.2, -0.15) is 0 Å². The monoisotopic (exact) mass is 437 g/mol. The maximum absolute atomic E-state index is 12.6. The summed E-state index contributed by atoms with van der Waals surface area (Å²) in [6.45, 7) is 2.97. The minimum atomic E-state index is -0.569. The van der Waals surface area contributed by atoms with Crippen LogP contribution in [0.5, 0.6) is 0 Å². The van der Waals surface area contributed by atoms with Crippen LogP contribution >= 0.6 is 24.8 Å². The lowest BCUT2D eigenvalue weighted by Gasteiger charge is -2.30. The molecule has 7 heteroatoms. The number of benzene rings is 2. The number of nitrogens with one attached hydrogen (secondary N) is 3. The number of carbonyl (C=O) groups excluding carboxylic acids is 2. The summed E-state index contributed by atoms with van der Waals surface area (Å²) in [5.41, 5.74) is 2.30. The van der Waals surface area contributed by atoms with Gasteiger partial charge >= 0.3 is 0 Å². The van der Waals surface area contributed by atoms with Crippen LogP contribution in [0.25, 0.3) is 0 Å². The lowest BCUT2D eigenvalue weighted by Crippen LogP contribution is -2.53. The molecule has 3 atom stereocenters. The van der Waals surface area contributed by atoms with E-state index in [9.17, 15) is 9.59 Å². The Kier molecular flexibility index (Phi) is 10.7. The molecule has 2 amide bonds. The van der Waals surface area contributed by atoms with E-state index in [0.717, 1.165) is 24.9 Å². The van der Waals surface area contributed by atoms with Gasteiger partial charge in [-0.15, -0.1) is 24.8 Å². The van der Waals surface area contributed by atoms with Crippen LogP contribution in [0.3, 0.4) is 0 Å². The second kappa shape index (κ2) is 12.5. The molecule has 1 aliphatic rings. The summed E-state index contributed by atoms with van der Waals surface area (Å²) in [4.78, 5) is 24.9. The van der Waals surface area contributed by atoms with Crippen LogP contribution in [0.1, 0.15) is 36.8 Å². The number of hydrogen-bond acceptors (Lipinski definition) is 3. The van der Waals surface area contributed by atoms with Crippen molar-refractivity contribution in [3.05, 3.63) is 71.8 Å². The number of piperidine rings is 1. The summed E-state index contributed by atoms with van der Waals surface area (Å²) in [5.74, 6) is 0.0750. The predicted octanol–water partition coefficient (Wildman–Crippen LogP) is 3.19. The number of hydrogen-bond donors (Lipinski definition) is 3. The van der Waals surface area contributed by atoms with E-state index < -0.39 is 6.04 Å². The highest BCUT2D eigenvalue weighted by Crippen LogP contribution is 2.27. The van der Waals surface area contributed by atoms with Crippen LogP contribution in [0.2, 0.25) is 0 Å². The number of carbonyl (C=O) groups is 2. The van der Waals surface area contributed by atoms with E-state index in [-0.39, 0.29) is 42.7 Å². The second-order valence-corrected chi connectivity index (χ2v) is 7.07. The highest BCUT2D eigenvalue weighted by molar-refractivity contribution is 5.89. The van der Waals surface area contributed by atoms with E-state index in [1.807, 2.05) is 48.5 Å². The lowest BCUT2D eigenvalue weighted by atomic mass is 9.86. The van der Waals surface area contributed by atoms with Crippen LogP contribution < -0.4 is 16.0 Å². The highest BCUT2D eigenvalue weighted by atomic mass is 35.5. The van der Waals surface area contributed by atoms with Crippen molar-refractivity contribution in [3.63, 3.8) is 0 Å². The van der Waals surface area contributed by atoms with Crippen molar-refractivity contribution in [2.45, 2.75) is 44.3 Å². The number of rotatable bonds is 6. The molecule has 1 saturated heterocycles. The van der Waals surface area contributed by atoms with Crippen molar-refractivity contribution >= 4 is 36.6 Å². The van der Waals surface area contributed by atoms with E-state index in [2.05, 4.69) is 28.1 Å². The van der Waals surface area contributed by atoms with Gasteiger partial charge < -0.3 is 16.0 Å². The third kappa shape index (κ3) is 7.35. The maximum atomic E-state index is 12.6. The quantitative estimate of drug-likeness (QED) is 0.649. The summed E-state index contributed by atoms with van der Waals surface area (Å²) in [6, 6.07) is 19.2. The third-order valence-electron chi connectivity index (χ3n) is 5.05. The Morgan fingerprint density at radius 1 is 1.03 bits per heavy atom. The molecule has 158 valence electrons. The topological polar surface area (TPSA) is 70.2 Å². The molecule has 1 heterocycles. The molecule has 0 unspecified atom stereocenters. The van der Waals surface area contributed by atoms with Crippen LogP contribution in [-0.2, 0) is 16.1 Å². The molecular weight excluding hydrogens is 409 g/mol. The summed E-state index contributed by atoms with van der Waals surface area (Å²) in [7, 11) is 0. The Morgan fingerprint density at radius 3 is 2.31 bits per heavy atom. The van der Waals surface area contributed by atoms with Gasteiger partial charge in [0, 0.05) is 6.54 Å². The van der Waals surface area contributed by atoms with E-state index >= 15 is 0 Å². The molecule has 0 aromatic heterocycles. The van der Waals surface area contributed by atoms with Crippen molar-refractivity contribution in [2.24, 2.45) is 0 Å². The van der Waals surface area contributed by atoms with Crippen molar-refractivity contribution in [2.75, 3.05) is 6.54 Å². The maximum Gasteiger partial charge on any atom is 0.242 e. The van der Waals surface area contributed by atoms with Crippen molar-refractivity contribution in [3.8, 4) is 0 Å². The predicted molar refractivity (Wildman–Crippen MR) is 121 cm³/mol. The van der Waals surface area contributed by atoms with Crippen LogP contribution in [0, 0.1) is 0 Å². The Labute approximate surface area is 184 Å². The molecule has 0 bridgehead atoms. The van der Waals surface area contributed by atoms with Crippen molar-refractivity contribution in [1.82, 2.24) is 16.0 Å². The fourth-order valence-corrected chi connectivity index (χ4v) is 3.46. The molecule has 29 heavy (non-hydrogen) atoms. The molecule has 0 spiro atoms. The van der Waals surface area contributed by atoms with Gasteiger partial charge in [-0.3, -0.25) is 9.59 Å². The Hall–Kier alpha value is -2.08. The minimum Gasteiger partial charge on any atom is -0.350 e. The molecule has 0 saturated carbocycles. The van der Waals surface area contributed by atoms with E-state index in [4.69, 9.17) is 0 Å². The summed E-state index contributed by atoms with van der Waals surface area (Å²) < 4.78 is 0. The highest BCUT2D eigenvalue weighted by Gasteiger charge is 2.29. The van der Waals surface area contributed by atoms with Crippen molar-refractivity contribution in [1.29, 1.82) is 0 Å². The summed E-state index contributed by atoms with van der Waals surface area (Å²) in [6.07, 6.45) is 1.76. The zero-order valence-electron chi connectivity index (χ0n) is 16.5. The molecule has 2 aromatic rings. The molecular formula is C22H29Cl2N3O2. The molecule has 1 aliphatic heterocycles. The molecule has 0 aliphatic carbocycles. The first-order valence-electron chi connectivity index (χ1n) is 9.54. The first-order valence-corrected chi connectivity index (χ1v) is 9.54. The average Bonchev–Trinajstić information content (AvgIpc) is 2.73. The first kappa shape index (κ1) is 25.0. The number of amides is 2. The zero-order chi connectivity index (χ0) is 19.1. The normalized spacial score (nSPS) is 19.1. The lowest BCUT2D eigenvalue weighted by molar-refractivity contribution is -0.130. The largest absolute Gasteiger partial charge is 0.350 e. The summed E-state index contributed by atoms with van der Waals surface area (Å²) in [5, 5.41) is 8.99. The van der Waals surface area contributed by atoms with Crippen molar-refractivity contribution < 1.29 is 9.59 Å². The fraction of sp³-hybridized carbons (Fsp3) is 0.364. The Bertz CT molecular complexity index is 759. The molecule has 3 N–H and O–H groups in total. The zero-order valence-corrected chi connectivity index (χ0v) is 18.1. The van der Waals surface area contributed by atoms with Crippen LogP contribution in [0.15, 0.2) is 60.7 Å². The molecule has 3 rings (SSSR count). The van der Waals surface area contributed by atoms with Gasteiger partial charge in [-0.1, -0.05) is 60.7 Å². The Morgan fingerprint density at radius 2 is 1.66 bits per heavy atom. The van der Waals surface area contributed by atoms with E-state index in [0.29, 0.717) is 12.5 Å². The Balaban J connectivity index is 0.00000210. The molecule has 0 radical (unpaired) electrons.